The summed E-state index contributed by atoms with van der Waals surface area (Å²) in [4.78, 5) is 4.76. The number of nitrogens with zero attached hydrogens (tertiary/aromatic N) is 1. The fourth-order valence-corrected chi connectivity index (χ4v) is 3.32. The second kappa shape index (κ2) is 6.48. The van der Waals surface area contributed by atoms with Gasteiger partial charge in [-0.2, -0.15) is 0 Å². The standard InChI is InChI=1S/C16H20N2OS/c1-2-3-12-4-6-13(7-5-12)15-11-20-16(18-15)14-10-19-9-8-17-14/h4-7,11,14,17H,2-3,8-10H2,1H3. The van der Waals surface area contributed by atoms with Crippen LogP contribution in [0.3, 0.4) is 0 Å². The van der Waals surface area contributed by atoms with Crippen molar-refractivity contribution in [2.45, 2.75) is 25.8 Å². The third-order valence-corrected chi connectivity index (χ3v) is 4.49. The predicted molar refractivity (Wildman–Crippen MR) is 83.1 cm³/mol. The number of hydrogen-bond acceptors (Lipinski definition) is 4. The van der Waals surface area contributed by atoms with E-state index in [1.54, 1.807) is 11.3 Å². The van der Waals surface area contributed by atoms with Crippen molar-refractivity contribution < 1.29 is 4.74 Å². The van der Waals surface area contributed by atoms with Gasteiger partial charge in [0, 0.05) is 17.5 Å². The van der Waals surface area contributed by atoms with Gasteiger partial charge in [0.2, 0.25) is 0 Å². The molecule has 1 N–H and O–H groups in total. The summed E-state index contributed by atoms with van der Waals surface area (Å²) in [6.45, 7) is 4.64. The predicted octanol–water partition coefficient (Wildman–Crippen LogP) is 3.42. The van der Waals surface area contributed by atoms with Gasteiger partial charge in [-0.25, -0.2) is 4.98 Å². The van der Waals surface area contributed by atoms with Gasteiger partial charge in [0.15, 0.2) is 0 Å². The molecule has 3 rings (SSSR count). The quantitative estimate of drug-likeness (QED) is 0.936. The zero-order valence-electron chi connectivity index (χ0n) is 11.8. The van der Waals surface area contributed by atoms with Crippen LogP contribution in [0.15, 0.2) is 29.6 Å². The molecule has 20 heavy (non-hydrogen) atoms. The van der Waals surface area contributed by atoms with Crippen molar-refractivity contribution in [2.75, 3.05) is 19.8 Å². The molecule has 4 heteroatoms. The van der Waals surface area contributed by atoms with Crippen molar-refractivity contribution in [3.05, 3.63) is 40.2 Å². The number of aromatic nitrogens is 1. The van der Waals surface area contributed by atoms with Crippen LogP contribution in [0.25, 0.3) is 11.3 Å². The van der Waals surface area contributed by atoms with E-state index in [2.05, 4.69) is 41.9 Å². The minimum atomic E-state index is 0.252. The van der Waals surface area contributed by atoms with E-state index < -0.39 is 0 Å². The molecule has 0 amide bonds. The number of ether oxygens (including phenoxy) is 1. The molecule has 1 aliphatic heterocycles. The van der Waals surface area contributed by atoms with Crippen molar-refractivity contribution in [1.82, 2.24) is 10.3 Å². The summed E-state index contributed by atoms with van der Waals surface area (Å²) in [5.74, 6) is 0. The summed E-state index contributed by atoms with van der Waals surface area (Å²) < 4.78 is 5.50. The molecule has 1 aliphatic rings. The molecule has 106 valence electrons. The lowest BCUT2D eigenvalue weighted by Crippen LogP contribution is -2.34. The highest BCUT2D eigenvalue weighted by Crippen LogP contribution is 2.26. The van der Waals surface area contributed by atoms with Gasteiger partial charge in [-0.05, 0) is 12.0 Å². The molecular weight excluding hydrogens is 268 g/mol. The molecule has 0 spiro atoms. The van der Waals surface area contributed by atoms with Gasteiger partial charge >= 0.3 is 0 Å². The van der Waals surface area contributed by atoms with Crippen LogP contribution in [-0.2, 0) is 11.2 Å². The van der Waals surface area contributed by atoms with E-state index >= 15 is 0 Å². The molecule has 2 heterocycles. The number of rotatable bonds is 4. The van der Waals surface area contributed by atoms with Gasteiger partial charge in [-0.1, -0.05) is 37.6 Å². The van der Waals surface area contributed by atoms with Crippen molar-refractivity contribution >= 4 is 11.3 Å². The molecule has 3 nitrogen and oxygen atoms in total. The number of thiazole rings is 1. The van der Waals surface area contributed by atoms with Crippen LogP contribution in [-0.4, -0.2) is 24.7 Å². The van der Waals surface area contributed by atoms with Gasteiger partial charge in [0.05, 0.1) is 24.9 Å². The number of aryl methyl sites for hydroxylation is 1. The lowest BCUT2D eigenvalue weighted by molar-refractivity contribution is 0.0768. The van der Waals surface area contributed by atoms with Gasteiger partial charge < -0.3 is 10.1 Å². The fourth-order valence-electron chi connectivity index (χ4n) is 2.44. The van der Waals surface area contributed by atoms with E-state index in [0.29, 0.717) is 0 Å². The monoisotopic (exact) mass is 288 g/mol. The van der Waals surface area contributed by atoms with Crippen molar-refractivity contribution in [3.63, 3.8) is 0 Å². The maximum Gasteiger partial charge on any atom is 0.113 e. The molecule has 1 unspecified atom stereocenters. The minimum absolute atomic E-state index is 0.252. The van der Waals surface area contributed by atoms with Crippen molar-refractivity contribution in [3.8, 4) is 11.3 Å². The summed E-state index contributed by atoms with van der Waals surface area (Å²) in [6, 6.07) is 9.02. The Kier molecular flexibility index (Phi) is 4.45. The summed E-state index contributed by atoms with van der Waals surface area (Å²) in [6.07, 6.45) is 2.33. The number of nitrogens with one attached hydrogen (secondary N) is 1. The van der Waals surface area contributed by atoms with Crippen molar-refractivity contribution in [2.24, 2.45) is 0 Å². The summed E-state index contributed by atoms with van der Waals surface area (Å²) in [7, 11) is 0. The van der Waals surface area contributed by atoms with Crippen LogP contribution in [0.1, 0.15) is 30.0 Å². The maximum absolute atomic E-state index is 5.50. The zero-order chi connectivity index (χ0) is 13.8. The first-order valence-electron chi connectivity index (χ1n) is 7.22. The Labute approximate surface area is 124 Å². The molecule has 1 fully saturated rings. The largest absolute Gasteiger partial charge is 0.378 e. The first kappa shape index (κ1) is 13.7. The van der Waals surface area contributed by atoms with E-state index in [-0.39, 0.29) is 6.04 Å². The van der Waals surface area contributed by atoms with E-state index in [9.17, 15) is 0 Å². The molecule has 1 aromatic carbocycles. The van der Waals surface area contributed by atoms with Gasteiger partial charge in [-0.15, -0.1) is 11.3 Å². The summed E-state index contributed by atoms with van der Waals surface area (Å²) in [5, 5.41) is 6.71. The van der Waals surface area contributed by atoms with Crippen LogP contribution >= 0.6 is 11.3 Å². The second-order valence-electron chi connectivity index (χ2n) is 5.10. The Bertz CT molecular complexity index is 544. The third kappa shape index (κ3) is 3.08. The van der Waals surface area contributed by atoms with E-state index in [0.717, 1.165) is 36.9 Å². The smallest absolute Gasteiger partial charge is 0.113 e. The molecule has 0 bridgehead atoms. The van der Waals surface area contributed by atoms with Gasteiger partial charge in [-0.3, -0.25) is 0 Å². The molecule has 1 atom stereocenters. The SMILES string of the molecule is CCCc1ccc(-c2csc(C3COCCN3)n2)cc1. The van der Waals surface area contributed by atoms with E-state index in [1.807, 2.05) is 0 Å². The van der Waals surface area contributed by atoms with Gasteiger partial charge in [0.25, 0.3) is 0 Å². The first-order chi connectivity index (χ1) is 9.86. The number of hydrogen-bond donors (Lipinski definition) is 1. The highest BCUT2D eigenvalue weighted by atomic mass is 32.1. The topological polar surface area (TPSA) is 34.1 Å². The van der Waals surface area contributed by atoms with E-state index in [4.69, 9.17) is 9.72 Å². The van der Waals surface area contributed by atoms with E-state index in [1.165, 1.54) is 17.5 Å². The number of morpholine rings is 1. The summed E-state index contributed by atoms with van der Waals surface area (Å²) in [5.41, 5.74) is 3.67. The highest BCUT2D eigenvalue weighted by Gasteiger charge is 2.18. The molecule has 1 saturated heterocycles. The minimum Gasteiger partial charge on any atom is -0.378 e. The Hall–Kier alpha value is -1.23. The second-order valence-corrected chi connectivity index (χ2v) is 5.99. The maximum atomic E-state index is 5.50. The molecular formula is C16H20N2OS. The fraction of sp³-hybridized carbons (Fsp3) is 0.438. The molecule has 0 radical (unpaired) electrons. The average molecular weight is 288 g/mol. The summed E-state index contributed by atoms with van der Waals surface area (Å²) >= 11 is 1.71. The van der Waals surface area contributed by atoms with Gasteiger partial charge in [0.1, 0.15) is 5.01 Å². The molecule has 2 aromatic rings. The van der Waals surface area contributed by atoms with Crippen LogP contribution < -0.4 is 5.32 Å². The van der Waals surface area contributed by atoms with Crippen LogP contribution in [0.5, 0.6) is 0 Å². The molecule has 0 saturated carbocycles. The Morgan fingerprint density at radius 2 is 2.20 bits per heavy atom. The Morgan fingerprint density at radius 1 is 1.35 bits per heavy atom. The Balaban J connectivity index is 1.75. The molecule has 0 aliphatic carbocycles. The lowest BCUT2D eigenvalue weighted by atomic mass is 10.1. The molecule has 1 aromatic heterocycles. The number of benzene rings is 1. The zero-order valence-corrected chi connectivity index (χ0v) is 12.6. The Morgan fingerprint density at radius 3 is 2.90 bits per heavy atom. The van der Waals surface area contributed by atoms with Crippen LogP contribution in [0.4, 0.5) is 0 Å². The van der Waals surface area contributed by atoms with Crippen LogP contribution in [0, 0.1) is 0 Å². The average Bonchev–Trinajstić information content (AvgIpc) is 2.99. The highest BCUT2D eigenvalue weighted by molar-refractivity contribution is 7.10. The lowest BCUT2D eigenvalue weighted by Gasteiger charge is -2.21. The first-order valence-corrected chi connectivity index (χ1v) is 8.10. The third-order valence-electron chi connectivity index (χ3n) is 3.53. The van der Waals surface area contributed by atoms with Crippen LogP contribution in [0.2, 0.25) is 0 Å². The normalized spacial score (nSPS) is 19.1. The van der Waals surface area contributed by atoms with Crippen molar-refractivity contribution in [1.29, 1.82) is 0 Å².